The fourth-order valence-electron chi connectivity index (χ4n) is 2.18. The standard InChI is InChI=1S/C16H25Br2NOSi/c1-16(2,3)21(4,5)20-15-7-6-14(15)19-13-9-11(17)8-12(18)10-13/h8-10,14-15,19H,6-7H2,1-5H3/t14-,15-/m0/s1. The first-order chi connectivity index (χ1) is 9.58. The van der Waals surface area contributed by atoms with E-state index in [1.165, 1.54) is 12.8 Å². The Labute approximate surface area is 146 Å². The fourth-order valence-corrected chi connectivity index (χ4v) is 4.87. The third kappa shape index (κ3) is 4.33. The molecular formula is C16H25Br2NOSi. The Morgan fingerprint density at radius 2 is 1.67 bits per heavy atom. The van der Waals surface area contributed by atoms with Crippen molar-refractivity contribution in [2.45, 2.75) is 63.9 Å². The second kappa shape index (κ2) is 6.34. The van der Waals surface area contributed by atoms with Crippen LogP contribution in [-0.4, -0.2) is 20.5 Å². The number of hydrogen-bond acceptors (Lipinski definition) is 2. The van der Waals surface area contributed by atoms with Crippen molar-refractivity contribution in [2.75, 3.05) is 5.32 Å². The van der Waals surface area contributed by atoms with Crippen LogP contribution in [0.5, 0.6) is 0 Å². The summed E-state index contributed by atoms with van der Waals surface area (Å²) in [6, 6.07) is 6.72. The molecule has 1 saturated carbocycles. The third-order valence-corrected chi connectivity index (χ3v) is 10.1. The number of hydrogen-bond donors (Lipinski definition) is 1. The lowest BCUT2D eigenvalue weighted by atomic mass is 9.89. The van der Waals surface area contributed by atoms with E-state index in [0.29, 0.717) is 12.1 Å². The van der Waals surface area contributed by atoms with Crippen molar-refractivity contribution < 1.29 is 4.43 Å². The van der Waals surface area contributed by atoms with Gasteiger partial charge in [-0.05, 0) is 49.2 Å². The van der Waals surface area contributed by atoms with Gasteiger partial charge >= 0.3 is 0 Å². The maximum atomic E-state index is 6.54. The molecule has 0 aliphatic heterocycles. The van der Waals surface area contributed by atoms with Crippen molar-refractivity contribution in [2.24, 2.45) is 0 Å². The van der Waals surface area contributed by atoms with Crippen LogP contribution in [0.15, 0.2) is 27.1 Å². The van der Waals surface area contributed by atoms with Gasteiger partial charge in [0.2, 0.25) is 0 Å². The molecule has 0 spiro atoms. The minimum Gasteiger partial charge on any atom is -0.412 e. The van der Waals surface area contributed by atoms with Crippen molar-refractivity contribution in [3.05, 3.63) is 27.1 Å². The maximum absolute atomic E-state index is 6.54. The van der Waals surface area contributed by atoms with Gasteiger partial charge in [0.15, 0.2) is 8.32 Å². The van der Waals surface area contributed by atoms with Crippen molar-refractivity contribution >= 4 is 45.9 Å². The second-order valence-electron chi connectivity index (χ2n) is 7.40. The molecule has 1 aromatic rings. The summed E-state index contributed by atoms with van der Waals surface area (Å²) in [4.78, 5) is 0. The fraction of sp³-hybridized carbons (Fsp3) is 0.625. The zero-order valence-corrected chi connectivity index (χ0v) is 17.6. The lowest BCUT2D eigenvalue weighted by Crippen LogP contribution is -2.53. The molecule has 0 radical (unpaired) electrons. The lowest BCUT2D eigenvalue weighted by Gasteiger charge is -2.46. The van der Waals surface area contributed by atoms with E-state index in [9.17, 15) is 0 Å². The lowest BCUT2D eigenvalue weighted by molar-refractivity contribution is 0.0881. The van der Waals surface area contributed by atoms with Crippen LogP contribution >= 0.6 is 31.9 Å². The van der Waals surface area contributed by atoms with E-state index in [4.69, 9.17) is 4.43 Å². The molecule has 2 atom stereocenters. The van der Waals surface area contributed by atoms with Crippen LogP contribution in [0.3, 0.4) is 0 Å². The third-order valence-electron chi connectivity index (χ3n) is 4.68. The molecular weight excluding hydrogens is 410 g/mol. The Morgan fingerprint density at radius 1 is 1.10 bits per heavy atom. The van der Waals surface area contributed by atoms with E-state index >= 15 is 0 Å². The molecule has 1 fully saturated rings. The quantitative estimate of drug-likeness (QED) is 0.571. The van der Waals surface area contributed by atoms with Crippen molar-refractivity contribution in [1.82, 2.24) is 0 Å². The number of benzene rings is 1. The Morgan fingerprint density at radius 3 is 2.10 bits per heavy atom. The van der Waals surface area contributed by atoms with Gasteiger partial charge in [0.05, 0.1) is 12.1 Å². The molecule has 0 saturated heterocycles. The van der Waals surface area contributed by atoms with Crippen LogP contribution in [0.1, 0.15) is 33.6 Å². The van der Waals surface area contributed by atoms with E-state index in [2.05, 4.69) is 89.2 Å². The molecule has 1 aliphatic rings. The van der Waals surface area contributed by atoms with Crippen LogP contribution < -0.4 is 5.32 Å². The Balaban J connectivity index is 2.00. The van der Waals surface area contributed by atoms with E-state index < -0.39 is 8.32 Å². The predicted molar refractivity (Wildman–Crippen MR) is 101 cm³/mol. The van der Waals surface area contributed by atoms with Gasteiger partial charge in [0.1, 0.15) is 0 Å². The Hall–Kier alpha value is 0.157. The van der Waals surface area contributed by atoms with Gasteiger partial charge in [0, 0.05) is 14.6 Å². The van der Waals surface area contributed by atoms with Gasteiger partial charge in [-0.3, -0.25) is 0 Å². The SMILES string of the molecule is CC(C)(C)[Si](C)(C)O[C@H]1CC[C@@H]1Nc1cc(Br)cc(Br)c1. The molecule has 0 unspecified atom stereocenters. The molecule has 0 amide bonds. The number of rotatable bonds is 4. The van der Waals surface area contributed by atoms with E-state index in [1.807, 2.05) is 0 Å². The highest BCUT2D eigenvalue weighted by Crippen LogP contribution is 2.40. The van der Waals surface area contributed by atoms with Crippen LogP contribution in [0, 0.1) is 0 Å². The summed E-state index contributed by atoms with van der Waals surface area (Å²) in [5.74, 6) is 0. The van der Waals surface area contributed by atoms with Crippen LogP contribution in [0.2, 0.25) is 18.1 Å². The van der Waals surface area contributed by atoms with E-state index in [1.54, 1.807) is 0 Å². The first-order valence-electron chi connectivity index (χ1n) is 7.49. The highest BCUT2D eigenvalue weighted by atomic mass is 79.9. The topological polar surface area (TPSA) is 21.3 Å². The Bertz CT molecular complexity index is 493. The molecule has 1 N–H and O–H groups in total. The normalized spacial score (nSPS) is 22.8. The van der Waals surface area contributed by atoms with Gasteiger partial charge in [-0.15, -0.1) is 0 Å². The number of nitrogens with one attached hydrogen (secondary N) is 1. The number of anilines is 1. The van der Waals surface area contributed by atoms with E-state index in [-0.39, 0.29) is 5.04 Å². The highest BCUT2D eigenvalue weighted by Gasteiger charge is 2.43. The molecule has 118 valence electrons. The summed E-state index contributed by atoms with van der Waals surface area (Å²) in [5.41, 5.74) is 1.14. The molecule has 1 aromatic carbocycles. The van der Waals surface area contributed by atoms with Gasteiger partial charge in [0.25, 0.3) is 0 Å². The molecule has 1 aliphatic carbocycles. The first-order valence-corrected chi connectivity index (χ1v) is 12.0. The van der Waals surface area contributed by atoms with Gasteiger partial charge in [-0.2, -0.15) is 0 Å². The zero-order valence-electron chi connectivity index (χ0n) is 13.5. The zero-order chi connectivity index (χ0) is 15.8. The molecule has 2 nitrogen and oxygen atoms in total. The summed E-state index contributed by atoms with van der Waals surface area (Å²) < 4.78 is 8.70. The average molecular weight is 435 g/mol. The number of halogens is 2. The summed E-state index contributed by atoms with van der Waals surface area (Å²) >= 11 is 7.08. The molecule has 21 heavy (non-hydrogen) atoms. The monoisotopic (exact) mass is 433 g/mol. The van der Waals surface area contributed by atoms with Gasteiger partial charge in [-0.1, -0.05) is 52.6 Å². The minimum absolute atomic E-state index is 0.270. The van der Waals surface area contributed by atoms with Gasteiger partial charge in [-0.25, -0.2) is 0 Å². The van der Waals surface area contributed by atoms with Gasteiger partial charge < -0.3 is 9.74 Å². The maximum Gasteiger partial charge on any atom is 0.192 e. The van der Waals surface area contributed by atoms with Crippen LogP contribution in [0.25, 0.3) is 0 Å². The average Bonchev–Trinajstić information content (AvgIpc) is 2.29. The second-order valence-corrected chi connectivity index (χ2v) is 14.0. The van der Waals surface area contributed by atoms with Crippen LogP contribution in [0.4, 0.5) is 5.69 Å². The van der Waals surface area contributed by atoms with Crippen molar-refractivity contribution in [1.29, 1.82) is 0 Å². The van der Waals surface area contributed by atoms with Crippen molar-refractivity contribution in [3.8, 4) is 0 Å². The smallest absolute Gasteiger partial charge is 0.192 e. The summed E-state index contributed by atoms with van der Waals surface area (Å²) in [6.07, 6.45) is 2.70. The molecule has 0 bridgehead atoms. The molecule has 0 heterocycles. The molecule has 0 aromatic heterocycles. The summed E-state index contributed by atoms with van der Waals surface area (Å²) in [5, 5.41) is 3.89. The summed E-state index contributed by atoms with van der Waals surface area (Å²) in [6.45, 7) is 11.6. The summed E-state index contributed by atoms with van der Waals surface area (Å²) in [7, 11) is -1.68. The van der Waals surface area contributed by atoms with Crippen LogP contribution in [-0.2, 0) is 4.43 Å². The highest BCUT2D eigenvalue weighted by molar-refractivity contribution is 9.11. The molecule has 2 rings (SSSR count). The Kier molecular flexibility index (Phi) is 5.29. The molecule has 5 heteroatoms. The van der Waals surface area contributed by atoms with Crippen molar-refractivity contribution in [3.63, 3.8) is 0 Å². The first kappa shape index (κ1) is 17.5. The minimum atomic E-state index is -1.68. The predicted octanol–water partition coefficient (Wildman–Crippen LogP) is 6.18. The largest absolute Gasteiger partial charge is 0.412 e. The van der Waals surface area contributed by atoms with E-state index in [0.717, 1.165) is 14.6 Å².